The Balaban J connectivity index is 2.16. The summed E-state index contributed by atoms with van der Waals surface area (Å²) in [4.78, 5) is 12.8. The van der Waals surface area contributed by atoms with Crippen LogP contribution in [0.1, 0.15) is 26.7 Å². The molecule has 0 aromatic heterocycles. The number of carbonyl (C=O) groups is 1. The predicted molar refractivity (Wildman–Crippen MR) is 51.5 cm³/mol. The smallest absolute Gasteiger partial charge is 0.316 e. The van der Waals surface area contributed by atoms with Gasteiger partial charge in [0, 0.05) is 0 Å². The quantitative estimate of drug-likeness (QED) is 0.788. The largest absolute Gasteiger partial charge is 0.406 e. The molecule has 16 heavy (non-hydrogen) atoms. The molecule has 0 bridgehead atoms. The number of hydrogen-bond donors (Lipinski definition) is 1. The molecule has 1 atom stereocenters. The first kappa shape index (κ1) is 11.7. The van der Waals surface area contributed by atoms with E-state index in [-0.39, 0.29) is 11.8 Å². The normalized spacial score (nSPS) is 28.2. The van der Waals surface area contributed by atoms with Crippen LogP contribution in [0.25, 0.3) is 0 Å². The van der Waals surface area contributed by atoms with E-state index in [1.165, 1.54) is 0 Å². The zero-order chi connectivity index (χ0) is 12.1. The first-order chi connectivity index (χ1) is 7.25. The first-order valence-corrected chi connectivity index (χ1v) is 5.41. The molecule has 0 radical (unpaired) electrons. The summed E-state index contributed by atoms with van der Waals surface area (Å²) in [5.74, 6) is -0.408. The molecule has 2 fully saturated rings. The van der Waals surface area contributed by atoms with E-state index in [9.17, 15) is 18.0 Å². The molecule has 3 nitrogen and oxygen atoms in total. The van der Waals surface area contributed by atoms with Gasteiger partial charge in [0.2, 0.25) is 5.91 Å². The van der Waals surface area contributed by atoms with Crippen LogP contribution < -0.4 is 5.32 Å². The van der Waals surface area contributed by atoms with Gasteiger partial charge in [-0.1, -0.05) is 13.8 Å². The molecule has 6 heteroatoms. The van der Waals surface area contributed by atoms with Crippen LogP contribution in [0.3, 0.4) is 0 Å². The van der Waals surface area contributed by atoms with Gasteiger partial charge >= 0.3 is 6.18 Å². The fourth-order valence-corrected chi connectivity index (χ4v) is 2.20. The highest BCUT2D eigenvalue weighted by atomic mass is 19.4. The van der Waals surface area contributed by atoms with Crippen LogP contribution in [0.5, 0.6) is 0 Å². The fourth-order valence-electron chi connectivity index (χ4n) is 2.20. The van der Waals surface area contributed by atoms with Crippen molar-refractivity contribution in [3.8, 4) is 0 Å². The Labute approximate surface area is 92.0 Å². The van der Waals surface area contributed by atoms with E-state index in [0.717, 1.165) is 4.90 Å². The predicted octanol–water partition coefficient (Wildman–Crippen LogP) is 1.50. The molecule has 1 spiro atoms. The van der Waals surface area contributed by atoms with Gasteiger partial charge < -0.3 is 4.90 Å². The molecule has 1 aliphatic heterocycles. The summed E-state index contributed by atoms with van der Waals surface area (Å²) in [5.41, 5.74) is -0.666. The van der Waals surface area contributed by atoms with Crippen LogP contribution in [-0.2, 0) is 4.79 Å². The van der Waals surface area contributed by atoms with Gasteiger partial charge in [-0.3, -0.25) is 10.1 Å². The minimum Gasteiger partial charge on any atom is -0.316 e. The standard InChI is InChI=1S/C10H15F3N2O/c1-6(2)7-14-9(3-4-9)8(16)15(7)5-10(11,12)13/h6-7,14H,3-5H2,1-2H3. The number of amides is 1. The summed E-state index contributed by atoms with van der Waals surface area (Å²) >= 11 is 0. The molecule has 0 aromatic carbocycles. The number of alkyl halides is 3. The average molecular weight is 236 g/mol. The van der Waals surface area contributed by atoms with Gasteiger partial charge in [-0.15, -0.1) is 0 Å². The number of hydrogen-bond acceptors (Lipinski definition) is 2. The van der Waals surface area contributed by atoms with Crippen molar-refractivity contribution >= 4 is 5.91 Å². The Bertz CT molecular complexity index is 310. The number of nitrogens with zero attached hydrogens (tertiary/aromatic N) is 1. The van der Waals surface area contributed by atoms with Gasteiger partial charge in [0.15, 0.2) is 0 Å². The second kappa shape index (κ2) is 3.35. The van der Waals surface area contributed by atoms with Crippen molar-refractivity contribution in [3.63, 3.8) is 0 Å². The van der Waals surface area contributed by atoms with Crippen LogP contribution in [0, 0.1) is 5.92 Å². The van der Waals surface area contributed by atoms with E-state index in [2.05, 4.69) is 5.32 Å². The number of nitrogens with one attached hydrogen (secondary N) is 1. The highest BCUT2D eigenvalue weighted by molar-refractivity contribution is 5.91. The summed E-state index contributed by atoms with van der Waals surface area (Å²) in [6, 6.07) is 0. The lowest BCUT2D eigenvalue weighted by Gasteiger charge is -2.27. The van der Waals surface area contributed by atoms with E-state index in [1.54, 1.807) is 0 Å². The van der Waals surface area contributed by atoms with Gasteiger partial charge in [-0.05, 0) is 18.8 Å². The van der Waals surface area contributed by atoms with Crippen molar-refractivity contribution in [1.82, 2.24) is 10.2 Å². The second-order valence-electron chi connectivity index (χ2n) is 4.96. The van der Waals surface area contributed by atoms with Crippen molar-refractivity contribution in [2.45, 2.75) is 44.6 Å². The molecule has 92 valence electrons. The summed E-state index contributed by atoms with van der Waals surface area (Å²) in [5, 5.41) is 3.04. The van der Waals surface area contributed by atoms with Gasteiger partial charge in [0.1, 0.15) is 6.54 Å². The Morgan fingerprint density at radius 2 is 2.06 bits per heavy atom. The van der Waals surface area contributed by atoms with Crippen molar-refractivity contribution < 1.29 is 18.0 Å². The summed E-state index contributed by atoms with van der Waals surface area (Å²) in [7, 11) is 0. The molecule has 1 heterocycles. The SMILES string of the molecule is CC(C)C1NC2(CC2)C(=O)N1CC(F)(F)F. The van der Waals surface area contributed by atoms with Crippen molar-refractivity contribution in [2.24, 2.45) is 5.92 Å². The third-order valence-corrected chi connectivity index (χ3v) is 3.16. The molecular weight excluding hydrogens is 221 g/mol. The maximum Gasteiger partial charge on any atom is 0.406 e. The minimum absolute atomic E-state index is 0.0220. The summed E-state index contributed by atoms with van der Waals surface area (Å²) < 4.78 is 37.1. The number of rotatable bonds is 2. The lowest BCUT2D eigenvalue weighted by Crippen LogP contribution is -2.45. The Kier molecular flexibility index (Phi) is 2.45. The Morgan fingerprint density at radius 1 is 1.50 bits per heavy atom. The Morgan fingerprint density at radius 3 is 2.44 bits per heavy atom. The zero-order valence-electron chi connectivity index (χ0n) is 9.27. The topological polar surface area (TPSA) is 32.3 Å². The van der Waals surface area contributed by atoms with Gasteiger partial charge in [0.25, 0.3) is 0 Å². The maximum absolute atomic E-state index is 12.4. The third-order valence-electron chi connectivity index (χ3n) is 3.16. The van der Waals surface area contributed by atoms with Crippen molar-refractivity contribution in [2.75, 3.05) is 6.54 Å². The highest BCUT2D eigenvalue weighted by Crippen LogP contribution is 2.43. The monoisotopic (exact) mass is 236 g/mol. The molecule has 1 N–H and O–H groups in total. The van der Waals surface area contributed by atoms with E-state index in [1.807, 2.05) is 13.8 Å². The molecule has 1 saturated carbocycles. The lowest BCUT2D eigenvalue weighted by atomic mass is 10.1. The van der Waals surface area contributed by atoms with Crippen LogP contribution in [0.2, 0.25) is 0 Å². The van der Waals surface area contributed by atoms with Crippen LogP contribution in [-0.4, -0.2) is 35.2 Å². The van der Waals surface area contributed by atoms with Crippen LogP contribution in [0.4, 0.5) is 13.2 Å². The molecule has 1 unspecified atom stereocenters. The number of halogens is 3. The van der Waals surface area contributed by atoms with Crippen LogP contribution >= 0.6 is 0 Å². The van der Waals surface area contributed by atoms with E-state index in [0.29, 0.717) is 12.8 Å². The molecular formula is C10H15F3N2O. The van der Waals surface area contributed by atoms with E-state index < -0.39 is 24.4 Å². The van der Waals surface area contributed by atoms with E-state index >= 15 is 0 Å². The zero-order valence-corrected chi connectivity index (χ0v) is 9.27. The minimum atomic E-state index is -4.33. The fraction of sp³-hybridized carbons (Fsp3) is 0.900. The molecule has 2 aliphatic rings. The summed E-state index contributed by atoms with van der Waals surface area (Å²) in [6.07, 6.45) is -3.51. The van der Waals surface area contributed by atoms with Crippen LogP contribution in [0.15, 0.2) is 0 Å². The molecule has 0 aromatic rings. The van der Waals surface area contributed by atoms with Gasteiger partial charge in [-0.25, -0.2) is 0 Å². The molecule has 1 aliphatic carbocycles. The third kappa shape index (κ3) is 1.90. The first-order valence-electron chi connectivity index (χ1n) is 5.41. The van der Waals surface area contributed by atoms with Crippen molar-refractivity contribution in [1.29, 1.82) is 0 Å². The molecule has 1 saturated heterocycles. The van der Waals surface area contributed by atoms with Gasteiger partial charge in [0.05, 0.1) is 11.7 Å². The summed E-state index contributed by atoms with van der Waals surface area (Å²) in [6.45, 7) is 2.48. The second-order valence-corrected chi connectivity index (χ2v) is 4.96. The van der Waals surface area contributed by atoms with E-state index in [4.69, 9.17) is 0 Å². The van der Waals surface area contributed by atoms with Gasteiger partial charge in [-0.2, -0.15) is 13.2 Å². The maximum atomic E-state index is 12.4. The molecule has 1 amide bonds. The van der Waals surface area contributed by atoms with Crippen molar-refractivity contribution in [3.05, 3.63) is 0 Å². The lowest BCUT2D eigenvalue weighted by molar-refractivity contribution is -0.163. The number of carbonyl (C=O) groups excluding carboxylic acids is 1. The highest BCUT2D eigenvalue weighted by Gasteiger charge is 2.60. The average Bonchev–Trinajstić information content (AvgIpc) is 2.83. The Hall–Kier alpha value is -0.780. The molecule has 2 rings (SSSR count).